The fraction of sp³-hybridized carbons (Fsp3) is 0.680. The summed E-state index contributed by atoms with van der Waals surface area (Å²) in [4.78, 5) is 28.0. The minimum Gasteiger partial charge on any atom is -0.497 e. The number of rotatable bonds is 9. The second-order valence-corrected chi connectivity index (χ2v) is 11.6. The Morgan fingerprint density at radius 3 is 2.21 bits per heavy atom. The van der Waals surface area contributed by atoms with Gasteiger partial charge >= 0.3 is 0 Å². The molecule has 2 N–H and O–H groups in total. The molecule has 2 fully saturated rings. The molecule has 2 amide bonds. The van der Waals surface area contributed by atoms with E-state index in [9.17, 15) is 18.0 Å². The minimum atomic E-state index is -3.59. The molecule has 8 nitrogen and oxygen atoms in total. The van der Waals surface area contributed by atoms with Gasteiger partial charge in [-0.15, -0.1) is 0 Å². The van der Waals surface area contributed by atoms with Crippen LogP contribution in [0.15, 0.2) is 29.2 Å². The van der Waals surface area contributed by atoms with Gasteiger partial charge in [0.2, 0.25) is 21.8 Å². The van der Waals surface area contributed by atoms with Crippen molar-refractivity contribution in [2.75, 3.05) is 26.7 Å². The van der Waals surface area contributed by atoms with E-state index in [0.29, 0.717) is 25.1 Å². The lowest BCUT2D eigenvalue weighted by Crippen LogP contribution is -2.53. The summed E-state index contributed by atoms with van der Waals surface area (Å²) < 4.78 is 32.9. The number of nitrogens with one attached hydrogen (secondary N) is 2. The topological polar surface area (TPSA) is 105 Å². The predicted molar refractivity (Wildman–Crippen MR) is 131 cm³/mol. The number of sulfonamides is 1. The quantitative estimate of drug-likeness (QED) is 0.550. The molecule has 1 saturated heterocycles. The van der Waals surface area contributed by atoms with Crippen LogP contribution < -0.4 is 14.8 Å². The monoisotopic (exact) mass is 493 g/mol. The molecule has 1 aromatic carbocycles. The third kappa shape index (κ3) is 6.95. The van der Waals surface area contributed by atoms with E-state index in [1.807, 2.05) is 18.7 Å². The van der Waals surface area contributed by atoms with Crippen LogP contribution in [0, 0.1) is 17.8 Å². The molecule has 2 aliphatic rings. The first-order valence-corrected chi connectivity index (χ1v) is 13.9. The number of likely N-dealkylation sites (tertiary alicyclic amines) is 1. The molecule has 1 atom stereocenters. The van der Waals surface area contributed by atoms with E-state index < -0.39 is 16.1 Å². The van der Waals surface area contributed by atoms with Crippen LogP contribution in [0.25, 0.3) is 0 Å². The van der Waals surface area contributed by atoms with Crippen molar-refractivity contribution in [2.45, 2.75) is 69.7 Å². The number of nitrogens with zero attached hydrogens (tertiary/aromatic N) is 1. The van der Waals surface area contributed by atoms with E-state index in [0.717, 1.165) is 45.2 Å². The Labute approximate surface area is 203 Å². The summed E-state index contributed by atoms with van der Waals surface area (Å²) in [7, 11) is -2.05. The molecular formula is C25H39N3O5S. The molecule has 1 saturated carbocycles. The van der Waals surface area contributed by atoms with Gasteiger partial charge in [-0.3, -0.25) is 9.59 Å². The molecule has 3 rings (SSSR count). The second-order valence-electron chi connectivity index (χ2n) is 9.86. The van der Waals surface area contributed by atoms with Crippen LogP contribution in [0.3, 0.4) is 0 Å². The van der Waals surface area contributed by atoms with Crippen molar-refractivity contribution in [1.82, 2.24) is 14.9 Å². The lowest BCUT2D eigenvalue weighted by Gasteiger charge is -2.34. The highest BCUT2D eigenvalue weighted by atomic mass is 32.2. The van der Waals surface area contributed by atoms with Gasteiger partial charge in [0.25, 0.3) is 0 Å². The largest absolute Gasteiger partial charge is 0.497 e. The summed E-state index contributed by atoms with van der Waals surface area (Å²) in [5.74, 6) is 0.666. The van der Waals surface area contributed by atoms with Crippen LogP contribution in [0.4, 0.5) is 0 Å². The molecule has 0 unspecified atom stereocenters. The zero-order valence-corrected chi connectivity index (χ0v) is 21.4. The van der Waals surface area contributed by atoms with E-state index in [2.05, 4.69) is 10.0 Å². The van der Waals surface area contributed by atoms with Crippen LogP contribution in [0.2, 0.25) is 0 Å². The van der Waals surface area contributed by atoms with Crippen molar-refractivity contribution >= 4 is 21.8 Å². The molecule has 0 spiro atoms. The number of piperidine rings is 1. The molecule has 0 bridgehead atoms. The number of benzene rings is 1. The zero-order chi connectivity index (χ0) is 24.7. The molecule has 190 valence electrons. The fourth-order valence-corrected chi connectivity index (χ4v) is 5.91. The highest BCUT2D eigenvalue weighted by Gasteiger charge is 2.33. The summed E-state index contributed by atoms with van der Waals surface area (Å²) in [6.07, 6.45) is 6.15. The van der Waals surface area contributed by atoms with Gasteiger partial charge in [0, 0.05) is 25.6 Å². The van der Waals surface area contributed by atoms with E-state index >= 15 is 0 Å². The van der Waals surface area contributed by atoms with Gasteiger partial charge in [-0.25, -0.2) is 13.1 Å². The molecule has 0 radical (unpaired) electrons. The van der Waals surface area contributed by atoms with Gasteiger partial charge in [-0.05, 0) is 81.0 Å². The standard InChI is InChI=1S/C25H39N3O5S/c1-18(2)23(25(30)28-15-5-4-6-16-28)27-24(29)20-9-7-19(8-10-20)17-26-34(31,32)22-13-11-21(33-3)12-14-22/h11-14,18-20,23,26H,4-10,15-17H2,1-3H3,(H,27,29)/t19?,20?,23-/m0/s1. The Morgan fingerprint density at radius 2 is 1.65 bits per heavy atom. The Kier molecular flexibility index (Phi) is 9.36. The molecule has 1 heterocycles. The average molecular weight is 494 g/mol. The Bertz CT molecular complexity index is 918. The normalized spacial score (nSPS) is 22.3. The molecule has 1 aromatic rings. The number of amides is 2. The van der Waals surface area contributed by atoms with Gasteiger partial charge < -0.3 is 15.0 Å². The van der Waals surface area contributed by atoms with Crippen LogP contribution in [-0.2, 0) is 19.6 Å². The molecule has 9 heteroatoms. The number of methoxy groups -OCH3 is 1. The molecular weight excluding hydrogens is 454 g/mol. The number of carbonyl (C=O) groups excluding carboxylic acids is 2. The van der Waals surface area contributed by atoms with E-state index in [1.165, 1.54) is 19.2 Å². The highest BCUT2D eigenvalue weighted by Crippen LogP contribution is 2.29. The summed E-state index contributed by atoms with van der Waals surface area (Å²) in [5, 5.41) is 3.03. The molecule has 1 aliphatic heterocycles. The molecule has 1 aliphatic carbocycles. The Hall–Kier alpha value is -2.13. The highest BCUT2D eigenvalue weighted by molar-refractivity contribution is 7.89. The SMILES string of the molecule is COc1ccc(S(=O)(=O)NCC2CCC(C(=O)N[C@H](C(=O)N3CCCCC3)C(C)C)CC2)cc1. The lowest BCUT2D eigenvalue weighted by atomic mass is 9.81. The van der Waals surface area contributed by atoms with Gasteiger partial charge in [0.1, 0.15) is 11.8 Å². The third-order valence-electron chi connectivity index (χ3n) is 7.05. The Balaban J connectivity index is 1.47. The van der Waals surface area contributed by atoms with E-state index in [-0.39, 0.29) is 34.5 Å². The van der Waals surface area contributed by atoms with Crippen molar-refractivity contribution in [3.8, 4) is 5.75 Å². The lowest BCUT2D eigenvalue weighted by molar-refractivity contribution is -0.139. The summed E-state index contributed by atoms with van der Waals surface area (Å²) >= 11 is 0. The predicted octanol–water partition coefficient (Wildman–Crippen LogP) is 2.93. The van der Waals surface area contributed by atoms with Crippen molar-refractivity contribution in [1.29, 1.82) is 0 Å². The zero-order valence-electron chi connectivity index (χ0n) is 20.6. The maximum absolute atomic E-state index is 13.0. The average Bonchev–Trinajstić information content (AvgIpc) is 2.86. The Morgan fingerprint density at radius 1 is 1.03 bits per heavy atom. The number of carbonyl (C=O) groups is 2. The summed E-state index contributed by atoms with van der Waals surface area (Å²) in [5.41, 5.74) is 0. The summed E-state index contributed by atoms with van der Waals surface area (Å²) in [6.45, 7) is 5.84. The van der Waals surface area contributed by atoms with E-state index in [1.54, 1.807) is 12.1 Å². The third-order valence-corrected chi connectivity index (χ3v) is 8.49. The van der Waals surface area contributed by atoms with Gasteiger partial charge in [-0.2, -0.15) is 0 Å². The van der Waals surface area contributed by atoms with Crippen molar-refractivity contribution < 1.29 is 22.7 Å². The van der Waals surface area contributed by atoms with Crippen molar-refractivity contribution in [3.63, 3.8) is 0 Å². The second kappa shape index (κ2) is 12.0. The maximum Gasteiger partial charge on any atom is 0.245 e. The van der Waals surface area contributed by atoms with Crippen molar-refractivity contribution in [2.24, 2.45) is 17.8 Å². The van der Waals surface area contributed by atoms with Gasteiger partial charge in [-0.1, -0.05) is 13.8 Å². The fourth-order valence-electron chi connectivity index (χ4n) is 4.79. The number of hydrogen-bond donors (Lipinski definition) is 2. The van der Waals surface area contributed by atoms with Crippen LogP contribution in [0.1, 0.15) is 58.8 Å². The van der Waals surface area contributed by atoms with Gasteiger partial charge in [0.05, 0.1) is 12.0 Å². The maximum atomic E-state index is 13.0. The molecule has 34 heavy (non-hydrogen) atoms. The van der Waals surface area contributed by atoms with Crippen molar-refractivity contribution in [3.05, 3.63) is 24.3 Å². The van der Waals surface area contributed by atoms with Crippen LogP contribution >= 0.6 is 0 Å². The summed E-state index contributed by atoms with van der Waals surface area (Å²) in [6, 6.07) is 5.81. The number of hydrogen-bond acceptors (Lipinski definition) is 5. The molecule has 0 aromatic heterocycles. The van der Waals surface area contributed by atoms with Gasteiger partial charge in [0.15, 0.2) is 0 Å². The first-order valence-electron chi connectivity index (χ1n) is 12.4. The minimum absolute atomic E-state index is 0.0297. The first kappa shape index (κ1) is 26.5. The van der Waals surface area contributed by atoms with E-state index in [4.69, 9.17) is 4.74 Å². The number of ether oxygens (including phenoxy) is 1. The van der Waals surface area contributed by atoms with Crippen LogP contribution in [-0.4, -0.2) is 57.9 Å². The van der Waals surface area contributed by atoms with Crippen LogP contribution in [0.5, 0.6) is 5.75 Å². The first-order chi connectivity index (χ1) is 16.2. The smallest absolute Gasteiger partial charge is 0.245 e.